The summed E-state index contributed by atoms with van der Waals surface area (Å²) in [7, 11) is 0. The van der Waals surface area contributed by atoms with Crippen molar-refractivity contribution in [2.45, 2.75) is 26.3 Å². The van der Waals surface area contributed by atoms with E-state index in [0.717, 1.165) is 37.4 Å². The van der Waals surface area contributed by atoms with Crippen molar-refractivity contribution < 1.29 is 24.0 Å². The molecule has 1 aliphatic heterocycles. The number of aromatic nitrogens is 2. The Balaban J connectivity index is 1.34. The molecule has 2 N–H and O–H groups in total. The van der Waals surface area contributed by atoms with Crippen LogP contribution >= 0.6 is 0 Å². The van der Waals surface area contributed by atoms with E-state index in [4.69, 9.17) is 14.4 Å². The Hall–Kier alpha value is -3.14. The molecule has 0 saturated carbocycles. The molecule has 0 bridgehead atoms. The second-order valence-corrected chi connectivity index (χ2v) is 7.20. The zero-order chi connectivity index (χ0) is 21.5. The van der Waals surface area contributed by atoms with Gasteiger partial charge in [-0.25, -0.2) is 4.79 Å². The molecule has 1 aromatic heterocycles. The summed E-state index contributed by atoms with van der Waals surface area (Å²) in [6.07, 6.45) is -0.314. The van der Waals surface area contributed by atoms with Gasteiger partial charge in [0.05, 0.1) is 6.61 Å². The minimum atomic E-state index is -1.19. The van der Waals surface area contributed by atoms with Crippen LogP contribution < -0.4 is 10.1 Å². The van der Waals surface area contributed by atoms with Gasteiger partial charge in [0.25, 0.3) is 0 Å². The molecule has 0 radical (unpaired) electrons. The molecule has 30 heavy (non-hydrogen) atoms. The molecule has 1 atom stereocenters. The fourth-order valence-corrected chi connectivity index (χ4v) is 3.31. The summed E-state index contributed by atoms with van der Waals surface area (Å²) < 4.78 is 10.8. The first-order valence-corrected chi connectivity index (χ1v) is 9.96. The number of amides is 2. The average Bonchev–Trinajstić information content (AvgIpc) is 3.17. The zero-order valence-corrected chi connectivity index (χ0v) is 17.2. The molecule has 2 amide bonds. The lowest BCUT2D eigenvalue weighted by Crippen LogP contribution is -2.54. The van der Waals surface area contributed by atoms with Gasteiger partial charge in [0.1, 0.15) is 11.8 Å². The molecule has 2 heterocycles. The van der Waals surface area contributed by atoms with Crippen molar-refractivity contribution >= 4 is 12.0 Å². The van der Waals surface area contributed by atoms with Gasteiger partial charge in [0, 0.05) is 45.2 Å². The lowest BCUT2D eigenvalue weighted by molar-refractivity contribution is -0.134. The first-order chi connectivity index (χ1) is 14.4. The van der Waals surface area contributed by atoms with Crippen LogP contribution in [-0.4, -0.2) is 82.4 Å². The van der Waals surface area contributed by atoms with Crippen molar-refractivity contribution in [2.24, 2.45) is 0 Å². The van der Waals surface area contributed by atoms with Gasteiger partial charge in [-0.1, -0.05) is 5.16 Å². The third-order valence-corrected chi connectivity index (χ3v) is 4.92. The average molecular weight is 417 g/mol. The van der Waals surface area contributed by atoms with E-state index in [1.807, 2.05) is 24.3 Å². The number of aryl methyl sites for hydroxylation is 1. The Morgan fingerprint density at radius 2 is 1.93 bits per heavy atom. The molecular formula is C20H27N5O5. The highest BCUT2D eigenvalue weighted by atomic mass is 16.5. The fraction of sp³-hybridized carbons (Fsp3) is 0.500. The molecule has 162 valence electrons. The Morgan fingerprint density at radius 1 is 1.23 bits per heavy atom. The summed E-state index contributed by atoms with van der Waals surface area (Å²) in [6.45, 7) is 7.53. The molecule has 0 aliphatic carbocycles. The van der Waals surface area contributed by atoms with E-state index in [9.17, 15) is 9.59 Å². The molecule has 0 spiro atoms. The number of benzene rings is 1. The highest BCUT2D eigenvalue weighted by Crippen LogP contribution is 2.20. The van der Waals surface area contributed by atoms with E-state index < -0.39 is 12.1 Å². The van der Waals surface area contributed by atoms with Crippen LogP contribution in [0, 0.1) is 6.92 Å². The smallest absolute Gasteiger partial charge is 0.405 e. The summed E-state index contributed by atoms with van der Waals surface area (Å²) in [5, 5.41) is 14.8. The Kier molecular flexibility index (Phi) is 7.23. The minimum Gasteiger partial charge on any atom is -0.494 e. The second kappa shape index (κ2) is 10.1. The van der Waals surface area contributed by atoms with Crippen molar-refractivity contribution in [2.75, 3.05) is 39.3 Å². The van der Waals surface area contributed by atoms with E-state index in [-0.39, 0.29) is 5.91 Å². The monoisotopic (exact) mass is 417 g/mol. The Labute approximate surface area is 174 Å². The summed E-state index contributed by atoms with van der Waals surface area (Å²) in [5.74, 6) is 1.70. The van der Waals surface area contributed by atoms with Gasteiger partial charge in [-0.3, -0.25) is 9.69 Å². The summed E-state index contributed by atoms with van der Waals surface area (Å²) >= 11 is 0. The van der Waals surface area contributed by atoms with Crippen LogP contribution in [0.15, 0.2) is 28.8 Å². The van der Waals surface area contributed by atoms with Gasteiger partial charge in [0.15, 0.2) is 0 Å². The molecule has 1 saturated heterocycles. The van der Waals surface area contributed by atoms with E-state index in [1.54, 1.807) is 18.7 Å². The van der Waals surface area contributed by atoms with Crippen molar-refractivity contribution in [1.82, 2.24) is 25.3 Å². The van der Waals surface area contributed by atoms with Gasteiger partial charge in [0.2, 0.25) is 17.6 Å². The lowest BCUT2D eigenvalue weighted by Gasteiger charge is -2.35. The number of carbonyl (C=O) groups is 2. The van der Waals surface area contributed by atoms with Crippen LogP contribution in [-0.2, 0) is 4.79 Å². The summed E-state index contributed by atoms with van der Waals surface area (Å²) in [4.78, 5) is 31.1. The summed E-state index contributed by atoms with van der Waals surface area (Å²) in [5.41, 5.74) is 0.875. The number of nitrogens with one attached hydrogen (secondary N) is 1. The molecule has 1 aromatic carbocycles. The molecule has 0 unspecified atom stereocenters. The minimum absolute atomic E-state index is 0.181. The van der Waals surface area contributed by atoms with Gasteiger partial charge in [-0.05, 0) is 37.6 Å². The topological polar surface area (TPSA) is 121 Å². The van der Waals surface area contributed by atoms with E-state index in [0.29, 0.717) is 31.4 Å². The molecule has 10 nitrogen and oxygen atoms in total. The van der Waals surface area contributed by atoms with Crippen LogP contribution in [0.25, 0.3) is 11.4 Å². The van der Waals surface area contributed by atoms with Crippen LogP contribution in [0.5, 0.6) is 5.75 Å². The number of piperazine rings is 1. The van der Waals surface area contributed by atoms with Crippen molar-refractivity contribution in [1.29, 1.82) is 0 Å². The molecule has 1 aliphatic rings. The predicted octanol–water partition coefficient (Wildman–Crippen LogP) is 1.61. The number of carboxylic acid groups (broad SMARTS) is 1. The fourth-order valence-electron chi connectivity index (χ4n) is 3.31. The number of hydrogen-bond donors (Lipinski definition) is 2. The normalized spacial score (nSPS) is 15.6. The SMILES string of the molecule is Cc1nc(-c2ccc(OCCCN3CCN(C(=O)[C@H](C)NC(=O)O)CC3)cc2)no1. The molecule has 10 heteroatoms. The first kappa shape index (κ1) is 21.6. The molecule has 2 aromatic rings. The first-order valence-electron chi connectivity index (χ1n) is 9.96. The van der Waals surface area contributed by atoms with Crippen molar-refractivity contribution in [3.8, 4) is 17.1 Å². The Bertz CT molecular complexity index is 846. The van der Waals surface area contributed by atoms with Crippen LogP contribution in [0.4, 0.5) is 4.79 Å². The lowest BCUT2D eigenvalue weighted by atomic mass is 10.2. The number of nitrogens with zero attached hydrogens (tertiary/aromatic N) is 4. The standard InChI is InChI=1S/C20H27N5O5/c1-14(21-20(27)28)19(26)25-11-9-24(10-12-25)8-3-13-29-17-6-4-16(5-7-17)18-22-15(2)30-23-18/h4-7,14,21H,3,8-13H2,1-2H3,(H,27,28)/t14-/m0/s1. The molecular weight excluding hydrogens is 390 g/mol. The summed E-state index contributed by atoms with van der Waals surface area (Å²) in [6, 6.07) is 6.85. The number of carbonyl (C=O) groups excluding carboxylic acids is 1. The van der Waals surface area contributed by atoms with E-state index in [2.05, 4.69) is 20.4 Å². The van der Waals surface area contributed by atoms with Crippen LogP contribution in [0.2, 0.25) is 0 Å². The maximum atomic E-state index is 12.2. The van der Waals surface area contributed by atoms with Crippen LogP contribution in [0.1, 0.15) is 19.2 Å². The Morgan fingerprint density at radius 3 is 2.53 bits per heavy atom. The highest BCUT2D eigenvalue weighted by molar-refractivity contribution is 5.85. The second-order valence-electron chi connectivity index (χ2n) is 7.20. The van der Waals surface area contributed by atoms with Gasteiger partial charge in [-0.2, -0.15) is 4.98 Å². The van der Waals surface area contributed by atoms with E-state index >= 15 is 0 Å². The van der Waals surface area contributed by atoms with Gasteiger partial charge >= 0.3 is 6.09 Å². The third-order valence-electron chi connectivity index (χ3n) is 4.92. The molecule has 1 fully saturated rings. The van der Waals surface area contributed by atoms with Crippen LogP contribution in [0.3, 0.4) is 0 Å². The zero-order valence-electron chi connectivity index (χ0n) is 17.2. The largest absolute Gasteiger partial charge is 0.494 e. The van der Waals surface area contributed by atoms with Gasteiger partial charge < -0.3 is 24.6 Å². The predicted molar refractivity (Wildman–Crippen MR) is 108 cm³/mol. The van der Waals surface area contributed by atoms with Crippen molar-refractivity contribution in [3.05, 3.63) is 30.2 Å². The number of ether oxygens (including phenoxy) is 1. The maximum absolute atomic E-state index is 12.2. The van der Waals surface area contributed by atoms with Crippen molar-refractivity contribution in [3.63, 3.8) is 0 Å². The number of rotatable bonds is 8. The van der Waals surface area contributed by atoms with Gasteiger partial charge in [-0.15, -0.1) is 0 Å². The molecule has 3 rings (SSSR count). The van der Waals surface area contributed by atoms with E-state index in [1.165, 1.54) is 0 Å². The third kappa shape index (κ3) is 5.93. The number of hydrogen-bond acceptors (Lipinski definition) is 7. The quantitative estimate of drug-likeness (QED) is 0.622. The highest BCUT2D eigenvalue weighted by Gasteiger charge is 2.25. The maximum Gasteiger partial charge on any atom is 0.405 e.